The Hall–Kier alpha value is -2.58. The first kappa shape index (κ1) is 22.5. The highest BCUT2D eigenvalue weighted by Crippen LogP contribution is 2.16. The van der Waals surface area contributed by atoms with Gasteiger partial charge in [0.15, 0.2) is 0 Å². The van der Waals surface area contributed by atoms with Gasteiger partial charge in [-0.1, -0.05) is 12.2 Å². The van der Waals surface area contributed by atoms with Crippen molar-refractivity contribution in [1.82, 2.24) is 0 Å². The molecule has 2 aromatic rings. The van der Waals surface area contributed by atoms with E-state index in [0.717, 1.165) is 22.5 Å². The first-order chi connectivity index (χ1) is 12.6. The van der Waals surface area contributed by atoms with Crippen molar-refractivity contribution in [3.05, 3.63) is 58.7 Å². The summed E-state index contributed by atoms with van der Waals surface area (Å²) in [6, 6.07) is 14.8. The number of thiocarbonyl (C=S) groups is 1. The normalized spacial score (nSPS) is 10.0. The molecule has 0 unspecified atom stereocenters. The van der Waals surface area contributed by atoms with Gasteiger partial charge in [0.1, 0.15) is 4.99 Å². The second kappa shape index (κ2) is 10.5. The average molecular weight is 383 g/mol. The van der Waals surface area contributed by atoms with Crippen LogP contribution in [0.5, 0.6) is 0 Å². The summed E-state index contributed by atoms with van der Waals surface area (Å²) in [4.78, 5) is 0.445. The number of hydrogen-bond acceptors (Lipinski definition) is 4. The van der Waals surface area contributed by atoms with Crippen molar-refractivity contribution in [1.29, 1.82) is 5.26 Å². The maximum Gasteiger partial charge on any atom is 0.104 e. The highest BCUT2D eigenvalue weighted by Gasteiger charge is 2.02. The van der Waals surface area contributed by atoms with Gasteiger partial charge in [0.2, 0.25) is 0 Å². The third kappa shape index (κ3) is 8.57. The van der Waals surface area contributed by atoms with Gasteiger partial charge in [0.05, 0.1) is 11.6 Å². The van der Waals surface area contributed by atoms with E-state index in [9.17, 15) is 0 Å². The van der Waals surface area contributed by atoms with E-state index in [2.05, 4.69) is 50.5 Å². The van der Waals surface area contributed by atoms with Crippen LogP contribution in [0, 0.1) is 25.2 Å². The molecule has 0 bridgehead atoms. The molecule has 0 radical (unpaired) electrons. The van der Waals surface area contributed by atoms with Gasteiger partial charge in [-0.05, 0) is 89.1 Å². The van der Waals surface area contributed by atoms with Crippen molar-refractivity contribution in [2.24, 2.45) is 5.73 Å². The molecule has 27 heavy (non-hydrogen) atoms. The molecule has 0 aliphatic carbocycles. The summed E-state index contributed by atoms with van der Waals surface area (Å²) in [5, 5.41) is 15.3. The molecule has 0 spiro atoms. The van der Waals surface area contributed by atoms with Gasteiger partial charge in [0.25, 0.3) is 0 Å². The Kier molecular flexibility index (Phi) is 8.77. The molecule has 0 aromatic heterocycles. The van der Waals surface area contributed by atoms with Crippen molar-refractivity contribution < 1.29 is 0 Å². The standard InChI is InChI=1S/C11H16N2S.C11H14N2/c1-7(2)13-10-5-8(3)4-9(6-10)11(12)14;1-8(2)13-11-5-9(3)4-10(6-11)7-12/h4-7,13H,1-3H3,(H2,12,14);4-6,8,13H,1-3H3. The number of benzene rings is 2. The number of rotatable bonds is 5. The molecular weight excluding hydrogens is 352 g/mol. The molecular formula is C22H30N4S. The predicted molar refractivity (Wildman–Crippen MR) is 120 cm³/mol. The van der Waals surface area contributed by atoms with Gasteiger partial charge in [-0.15, -0.1) is 0 Å². The van der Waals surface area contributed by atoms with Crippen molar-refractivity contribution in [2.45, 2.75) is 53.6 Å². The quantitative estimate of drug-likeness (QED) is 0.625. The third-order valence-corrected chi connectivity index (χ3v) is 3.71. The van der Waals surface area contributed by atoms with Gasteiger partial charge in [-0.2, -0.15) is 5.26 Å². The second-order valence-electron chi connectivity index (χ2n) is 7.25. The molecule has 0 aliphatic rings. The topological polar surface area (TPSA) is 73.9 Å². The van der Waals surface area contributed by atoms with Gasteiger partial charge < -0.3 is 16.4 Å². The number of nitriles is 1. The van der Waals surface area contributed by atoms with Crippen LogP contribution in [0.2, 0.25) is 0 Å². The first-order valence-electron chi connectivity index (χ1n) is 9.07. The third-order valence-electron chi connectivity index (χ3n) is 3.48. The lowest BCUT2D eigenvalue weighted by Crippen LogP contribution is -2.13. The molecule has 0 fully saturated rings. The molecule has 2 aromatic carbocycles. The van der Waals surface area contributed by atoms with Crippen LogP contribution in [0.1, 0.15) is 49.9 Å². The molecule has 0 amide bonds. The highest BCUT2D eigenvalue weighted by atomic mass is 32.1. The van der Waals surface area contributed by atoms with Crippen LogP contribution in [0.4, 0.5) is 11.4 Å². The summed E-state index contributed by atoms with van der Waals surface area (Å²) in [5.74, 6) is 0. The first-order valence-corrected chi connectivity index (χ1v) is 9.48. The fraction of sp³-hybridized carbons (Fsp3) is 0.364. The minimum atomic E-state index is 0.397. The lowest BCUT2D eigenvalue weighted by molar-refractivity contribution is 0.899. The number of nitrogens with one attached hydrogen (secondary N) is 2. The van der Waals surface area contributed by atoms with Crippen LogP contribution in [0.15, 0.2) is 36.4 Å². The Balaban J connectivity index is 0.000000271. The Morgan fingerprint density at radius 3 is 1.81 bits per heavy atom. The number of nitrogens with two attached hydrogens (primary N) is 1. The maximum atomic E-state index is 8.74. The zero-order valence-electron chi connectivity index (χ0n) is 17.1. The Labute approximate surface area is 168 Å². The number of nitrogens with zero attached hydrogens (tertiary/aromatic N) is 1. The molecule has 144 valence electrons. The minimum Gasteiger partial charge on any atom is -0.389 e. The molecule has 2 rings (SSSR count). The van der Waals surface area contributed by atoms with Crippen molar-refractivity contribution in [2.75, 3.05) is 10.6 Å². The van der Waals surface area contributed by atoms with Crippen LogP contribution in [-0.4, -0.2) is 17.1 Å². The molecule has 0 saturated heterocycles. The van der Waals surface area contributed by atoms with Crippen LogP contribution >= 0.6 is 12.2 Å². The summed E-state index contributed by atoms with van der Waals surface area (Å²) in [6.45, 7) is 12.4. The molecule has 0 saturated carbocycles. The van der Waals surface area contributed by atoms with Crippen molar-refractivity contribution in [3.8, 4) is 6.07 Å². The van der Waals surface area contributed by atoms with Gasteiger partial charge in [-0.25, -0.2) is 0 Å². The van der Waals surface area contributed by atoms with Crippen LogP contribution < -0.4 is 16.4 Å². The molecule has 4 N–H and O–H groups in total. The van der Waals surface area contributed by atoms with E-state index < -0.39 is 0 Å². The van der Waals surface area contributed by atoms with Gasteiger partial charge in [0, 0.05) is 29.0 Å². The van der Waals surface area contributed by atoms with Gasteiger partial charge in [-0.3, -0.25) is 0 Å². The van der Waals surface area contributed by atoms with E-state index in [1.165, 1.54) is 5.56 Å². The van der Waals surface area contributed by atoms with Crippen molar-refractivity contribution >= 4 is 28.6 Å². The summed E-state index contributed by atoms with van der Waals surface area (Å²) >= 11 is 4.94. The number of anilines is 2. The largest absolute Gasteiger partial charge is 0.389 e. The van der Waals surface area contributed by atoms with E-state index in [-0.39, 0.29) is 0 Å². The van der Waals surface area contributed by atoms with Gasteiger partial charge >= 0.3 is 0 Å². The van der Waals surface area contributed by atoms with Crippen molar-refractivity contribution in [3.63, 3.8) is 0 Å². The number of hydrogen-bond donors (Lipinski definition) is 3. The minimum absolute atomic E-state index is 0.397. The fourth-order valence-electron chi connectivity index (χ4n) is 2.61. The number of aryl methyl sites for hydroxylation is 2. The van der Waals surface area contributed by atoms with E-state index in [1.54, 1.807) is 0 Å². The smallest absolute Gasteiger partial charge is 0.104 e. The van der Waals surface area contributed by atoms with E-state index in [4.69, 9.17) is 23.2 Å². The molecule has 0 atom stereocenters. The lowest BCUT2D eigenvalue weighted by atomic mass is 10.1. The summed E-state index contributed by atoms with van der Waals surface area (Å²) in [6.07, 6.45) is 0. The van der Waals surface area contributed by atoms with Crippen LogP contribution in [0.25, 0.3) is 0 Å². The Bertz CT molecular complexity index is 820. The van der Waals surface area contributed by atoms with Crippen LogP contribution in [-0.2, 0) is 0 Å². The summed E-state index contributed by atoms with van der Waals surface area (Å²) in [7, 11) is 0. The predicted octanol–water partition coefficient (Wildman–Crippen LogP) is 5.14. The van der Waals surface area contributed by atoms with Crippen LogP contribution in [0.3, 0.4) is 0 Å². The zero-order valence-corrected chi connectivity index (χ0v) is 17.9. The SMILES string of the molecule is Cc1cc(C#N)cc(NC(C)C)c1.Cc1cc(NC(C)C)cc(C(N)=S)c1. The summed E-state index contributed by atoms with van der Waals surface area (Å²) in [5.41, 5.74) is 11.6. The average Bonchev–Trinajstić information content (AvgIpc) is 2.52. The molecule has 0 aliphatic heterocycles. The zero-order chi connectivity index (χ0) is 20.6. The Morgan fingerprint density at radius 1 is 0.889 bits per heavy atom. The summed E-state index contributed by atoms with van der Waals surface area (Å²) < 4.78 is 0. The molecule has 0 heterocycles. The van der Waals surface area contributed by atoms with E-state index in [0.29, 0.717) is 22.6 Å². The van der Waals surface area contributed by atoms with E-state index >= 15 is 0 Å². The monoisotopic (exact) mass is 382 g/mol. The van der Waals surface area contributed by atoms with E-state index in [1.807, 2.05) is 44.2 Å². The Morgan fingerprint density at radius 2 is 1.37 bits per heavy atom. The molecule has 4 nitrogen and oxygen atoms in total. The molecule has 5 heteroatoms. The maximum absolute atomic E-state index is 8.74. The second-order valence-corrected chi connectivity index (χ2v) is 7.69. The lowest BCUT2D eigenvalue weighted by Gasteiger charge is -2.12. The fourth-order valence-corrected chi connectivity index (χ4v) is 2.72. The highest BCUT2D eigenvalue weighted by molar-refractivity contribution is 7.80.